The smallest absolute Gasteiger partial charge is 0.281 e. The first-order valence-electron chi connectivity index (χ1n) is 10.3. The number of hydrogen-bond donors (Lipinski definition) is 2. The molecule has 0 atom stereocenters. The van der Waals surface area contributed by atoms with E-state index >= 15 is 0 Å². The van der Waals surface area contributed by atoms with Gasteiger partial charge in [0.2, 0.25) is 11.9 Å². The third kappa shape index (κ3) is 5.34. The van der Waals surface area contributed by atoms with Gasteiger partial charge in [-0.2, -0.15) is 9.67 Å². The number of benzene rings is 3. The highest BCUT2D eigenvalue weighted by molar-refractivity contribution is 6.30. The van der Waals surface area contributed by atoms with E-state index in [9.17, 15) is 4.79 Å². The molecule has 0 radical (unpaired) electrons. The van der Waals surface area contributed by atoms with E-state index in [0.717, 1.165) is 11.1 Å². The molecular weight excluding hydrogens is 422 g/mol. The van der Waals surface area contributed by atoms with Crippen molar-refractivity contribution < 1.29 is 4.79 Å². The zero-order valence-corrected chi connectivity index (χ0v) is 18.7. The highest BCUT2D eigenvalue weighted by atomic mass is 35.5. The molecule has 32 heavy (non-hydrogen) atoms. The first kappa shape index (κ1) is 21.6. The summed E-state index contributed by atoms with van der Waals surface area (Å²) in [7, 11) is 0. The van der Waals surface area contributed by atoms with Gasteiger partial charge >= 0.3 is 0 Å². The molecule has 1 aromatic heterocycles. The van der Waals surface area contributed by atoms with E-state index in [2.05, 4.69) is 64.0 Å². The van der Waals surface area contributed by atoms with Gasteiger partial charge in [0.15, 0.2) is 0 Å². The summed E-state index contributed by atoms with van der Waals surface area (Å²) in [6.45, 7) is 5.17. The van der Waals surface area contributed by atoms with Crippen LogP contribution in [0.1, 0.15) is 32.6 Å². The molecule has 6 nitrogen and oxygen atoms in total. The summed E-state index contributed by atoms with van der Waals surface area (Å²) in [6, 6.07) is 23.1. The van der Waals surface area contributed by atoms with Crippen molar-refractivity contribution in [1.82, 2.24) is 14.8 Å². The Balaban J connectivity index is 1.56. The SMILES string of the molecule is Cc1ccc(CNc2nc(NCc3ccc(C)cc3)n(C(=O)c3ccc(Cl)cc3)n2)cc1. The lowest BCUT2D eigenvalue weighted by Gasteiger charge is -2.07. The number of aromatic nitrogens is 3. The number of carbonyl (C=O) groups excluding carboxylic acids is 1. The average molecular weight is 446 g/mol. The van der Waals surface area contributed by atoms with Crippen LogP contribution in [0.25, 0.3) is 0 Å². The van der Waals surface area contributed by atoms with Crippen molar-refractivity contribution in [3.8, 4) is 0 Å². The maximum absolute atomic E-state index is 13.1. The third-order valence-electron chi connectivity index (χ3n) is 5.03. The highest BCUT2D eigenvalue weighted by Crippen LogP contribution is 2.17. The number of aryl methyl sites for hydroxylation is 2. The van der Waals surface area contributed by atoms with Crippen molar-refractivity contribution in [2.45, 2.75) is 26.9 Å². The Morgan fingerprint density at radius 1 is 0.812 bits per heavy atom. The summed E-state index contributed by atoms with van der Waals surface area (Å²) >= 11 is 5.97. The summed E-state index contributed by atoms with van der Waals surface area (Å²) < 4.78 is 1.29. The topological polar surface area (TPSA) is 71.8 Å². The lowest BCUT2D eigenvalue weighted by atomic mass is 10.1. The number of hydrogen-bond acceptors (Lipinski definition) is 5. The Morgan fingerprint density at radius 3 is 1.91 bits per heavy atom. The molecule has 4 rings (SSSR count). The lowest BCUT2D eigenvalue weighted by Crippen LogP contribution is -2.17. The van der Waals surface area contributed by atoms with Crippen molar-refractivity contribution in [2.24, 2.45) is 0 Å². The molecule has 0 unspecified atom stereocenters. The summed E-state index contributed by atoms with van der Waals surface area (Å²) in [5.41, 5.74) is 5.05. The Bertz CT molecular complexity index is 1200. The molecule has 0 saturated carbocycles. The maximum Gasteiger partial charge on any atom is 0.281 e. The Hall–Kier alpha value is -3.64. The second-order valence-electron chi connectivity index (χ2n) is 7.66. The fourth-order valence-electron chi connectivity index (χ4n) is 3.13. The molecule has 0 bridgehead atoms. The fraction of sp³-hybridized carbons (Fsp3) is 0.160. The molecule has 0 aliphatic heterocycles. The molecule has 0 aliphatic rings. The maximum atomic E-state index is 13.1. The minimum atomic E-state index is -0.288. The van der Waals surface area contributed by atoms with Crippen LogP contribution >= 0.6 is 11.6 Å². The molecule has 3 aromatic carbocycles. The van der Waals surface area contributed by atoms with Gasteiger partial charge in [-0.05, 0) is 49.2 Å². The number of anilines is 2. The summed E-state index contributed by atoms with van der Waals surface area (Å²) in [4.78, 5) is 17.6. The predicted octanol–water partition coefficient (Wildman–Crippen LogP) is 5.46. The van der Waals surface area contributed by atoms with E-state index in [4.69, 9.17) is 11.6 Å². The third-order valence-corrected chi connectivity index (χ3v) is 5.29. The molecule has 0 amide bonds. The Morgan fingerprint density at radius 2 is 1.34 bits per heavy atom. The van der Waals surface area contributed by atoms with Gasteiger partial charge in [0.1, 0.15) is 0 Å². The molecule has 7 heteroatoms. The number of carbonyl (C=O) groups is 1. The first-order valence-corrected chi connectivity index (χ1v) is 10.7. The van der Waals surface area contributed by atoms with Gasteiger partial charge in [-0.25, -0.2) is 0 Å². The molecular formula is C25H24ClN5O. The van der Waals surface area contributed by atoms with Gasteiger partial charge in [-0.1, -0.05) is 71.3 Å². The normalized spacial score (nSPS) is 10.7. The zero-order valence-electron chi connectivity index (χ0n) is 18.0. The lowest BCUT2D eigenvalue weighted by molar-refractivity contribution is 0.0947. The van der Waals surface area contributed by atoms with Gasteiger partial charge in [0, 0.05) is 23.7 Å². The summed E-state index contributed by atoms with van der Waals surface area (Å²) in [5.74, 6) is 0.459. The first-order chi connectivity index (χ1) is 15.5. The van der Waals surface area contributed by atoms with Crippen molar-refractivity contribution >= 4 is 29.4 Å². The minimum absolute atomic E-state index is 0.288. The fourth-order valence-corrected chi connectivity index (χ4v) is 3.26. The number of nitrogens with zero attached hydrogens (tertiary/aromatic N) is 3. The molecule has 0 aliphatic carbocycles. The molecule has 0 saturated heterocycles. The molecule has 162 valence electrons. The zero-order chi connectivity index (χ0) is 22.5. The quantitative estimate of drug-likeness (QED) is 0.395. The van der Waals surface area contributed by atoms with Crippen LogP contribution in [0.4, 0.5) is 11.9 Å². The van der Waals surface area contributed by atoms with Gasteiger partial charge in [-0.3, -0.25) is 4.79 Å². The Kier molecular flexibility index (Phi) is 6.52. The van der Waals surface area contributed by atoms with Crippen LogP contribution in [0.3, 0.4) is 0 Å². The highest BCUT2D eigenvalue weighted by Gasteiger charge is 2.18. The van der Waals surface area contributed by atoms with Crippen molar-refractivity contribution in [1.29, 1.82) is 0 Å². The van der Waals surface area contributed by atoms with Crippen LogP contribution in [-0.2, 0) is 13.1 Å². The average Bonchev–Trinajstić information content (AvgIpc) is 3.21. The minimum Gasteiger partial charge on any atom is -0.350 e. The van der Waals surface area contributed by atoms with Crippen molar-refractivity contribution in [2.75, 3.05) is 10.6 Å². The van der Waals surface area contributed by atoms with Crippen LogP contribution in [0.5, 0.6) is 0 Å². The van der Waals surface area contributed by atoms with Crippen LogP contribution in [-0.4, -0.2) is 20.7 Å². The van der Waals surface area contributed by atoms with E-state index < -0.39 is 0 Å². The van der Waals surface area contributed by atoms with Gasteiger partial charge in [-0.15, -0.1) is 5.10 Å². The molecule has 4 aromatic rings. The van der Waals surface area contributed by atoms with E-state index in [1.165, 1.54) is 15.8 Å². The number of nitrogens with one attached hydrogen (secondary N) is 2. The van der Waals surface area contributed by atoms with Crippen LogP contribution < -0.4 is 10.6 Å². The van der Waals surface area contributed by atoms with Crippen molar-refractivity contribution in [3.63, 3.8) is 0 Å². The Labute approximate surface area is 192 Å². The van der Waals surface area contributed by atoms with Crippen LogP contribution in [0, 0.1) is 13.8 Å². The predicted molar refractivity (Wildman–Crippen MR) is 128 cm³/mol. The van der Waals surface area contributed by atoms with Gasteiger partial charge in [0.05, 0.1) is 0 Å². The van der Waals surface area contributed by atoms with E-state index in [1.54, 1.807) is 24.3 Å². The van der Waals surface area contributed by atoms with Crippen molar-refractivity contribution in [3.05, 3.63) is 106 Å². The van der Waals surface area contributed by atoms with E-state index in [0.29, 0.717) is 35.6 Å². The molecule has 0 fully saturated rings. The monoisotopic (exact) mass is 445 g/mol. The molecule has 1 heterocycles. The molecule has 0 spiro atoms. The summed E-state index contributed by atoms with van der Waals surface area (Å²) in [5, 5.41) is 11.4. The second-order valence-corrected chi connectivity index (χ2v) is 8.10. The van der Waals surface area contributed by atoms with Crippen LogP contribution in [0.2, 0.25) is 5.02 Å². The van der Waals surface area contributed by atoms with Crippen LogP contribution in [0.15, 0.2) is 72.8 Å². The second kappa shape index (κ2) is 9.66. The van der Waals surface area contributed by atoms with E-state index in [1.807, 2.05) is 19.1 Å². The summed E-state index contributed by atoms with van der Waals surface area (Å²) in [6.07, 6.45) is 0. The number of rotatable bonds is 7. The largest absolute Gasteiger partial charge is 0.350 e. The van der Waals surface area contributed by atoms with E-state index in [-0.39, 0.29) is 5.91 Å². The van der Waals surface area contributed by atoms with Gasteiger partial charge in [0.25, 0.3) is 5.91 Å². The van der Waals surface area contributed by atoms with Gasteiger partial charge < -0.3 is 10.6 Å². The number of halogens is 1. The standard InChI is InChI=1S/C25H24ClN5O/c1-17-3-7-19(8-4-17)15-27-24-29-25(28-16-20-9-5-18(2)6-10-20)31(30-24)23(32)21-11-13-22(26)14-12-21/h3-14H,15-16H2,1-2H3,(H2,27,28,29,30). The molecule has 2 N–H and O–H groups in total.